The van der Waals surface area contributed by atoms with E-state index >= 15 is 0 Å². The van der Waals surface area contributed by atoms with Gasteiger partial charge in [0, 0.05) is 17.0 Å². The fourth-order valence-corrected chi connectivity index (χ4v) is 2.80. The van der Waals surface area contributed by atoms with Gasteiger partial charge in [-0.3, -0.25) is 14.9 Å². The Morgan fingerprint density at radius 1 is 1.45 bits per heavy atom. The van der Waals surface area contributed by atoms with Crippen LogP contribution in [-0.4, -0.2) is 10.8 Å². The van der Waals surface area contributed by atoms with Crippen molar-refractivity contribution in [1.29, 1.82) is 5.26 Å². The van der Waals surface area contributed by atoms with Crippen molar-refractivity contribution in [1.82, 2.24) is 0 Å². The lowest BCUT2D eigenvalue weighted by Gasteiger charge is -1.97. The summed E-state index contributed by atoms with van der Waals surface area (Å²) in [4.78, 5) is 22.3. The van der Waals surface area contributed by atoms with Crippen molar-refractivity contribution in [3.8, 4) is 6.07 Å². The number of hydrogen-bond donors (Lipinski definition) is 1. The van der Waals surface area contributed by atoms with Gasteiger partial charge in [0.05, 0.1) is 10.5 Å². The summed E-state index contributed by atoms with van der Waals surface area (Å²) in [6.45, 7) is 0. The summed E-state index contributed by atoms with van der Waals surface area (Å²) in [5, 5.41) is 24.1. The number of hydrogen-bond acceptors (Lipinski definition) is 6. The van der Waals surface area contributed by atoms with Gasteiger partial charge in [0.2, 0.25) is 5.91 Å². The minimum absolute atomic E-state index is 0.0232. The predicted octanol–water partition coefficient (Wildman–Crippen LogP) is 3.24. The second-order valence-electron chi connectivity index (χ2n) is 3.53. The lowest BCUT2D eigenvalue weighted by molar-refractivity contribution is -0.380. The molecule has 0 aliphatic carbocycles. The highest BCUT2D eigenvalue weighted by atomic mass is 32.1. The summed E-state index contributed by atoms with van der Waals surface area (Å²) in [6, 6.07) is 6.54. The van der Waals surface area contributed by atoms with Crippen LogP contribution < -0.4 is 5.32 Å². The third-order valence-electron chi connectivity index (χ3n) is 2.21. The number of carbonyl (C=O) groups excluding carboxylic acids is 1. The fraction of sp³-hybridized carbons (Fsp3) is 0. The first-order valence-electron chi connectivity index (χ1n) is 5.31. The fourth-order valence-electron chi connectivity index (χ4n) is 1.34. The third kappa shape index (κ3) is 3.28. The zero-order valence-electron chi connectivity index (χ0n) is 9.90. The van der Waals surface area contributed by atoms with E-state index in [0.717, 1.165) is 11.3 Å². The summed E-state index contributed by atoms with van der Waals surface area (Å²) in [6.07, 6.45) is 2.77. The molecule has 0 spiro atoms. The van der Waals surface area contributed by atoms with Gasteiger partial charge in [-0.1, -0.05) is 11.3 Å². The number of nitrogens with zero attached hydrogens (tertiary/aromatic N) is 2. The number of nitrogens with one attached hydrogen (secondary N) is 1. The van der Waals surface area contributed by atoms with Crippen LogP contribution in [0.3, 0.4) is 0 Å². The standard InChI is InChI=1S/C12H7N3O3S2/c13-7-8-5-6-19-12(8)14-10(16)3-1-9-2-4-11(20-9)15(17)18/h1-6H,(H,14,16)/b3-1+. The molecule has 8 heteroatoms. The summed E-state index contributed by atoms with van der Waals surface area (Å²) >= 11 is 2.24. The van der Waals surface area contributed by atoms with Gasteiger partial charge < -0.3 is 5.32 Å². The van der Waals surface area contributed by atoms with Crippen LogP contribution in [0.15, 0.2) is 29.7 Å². The molecule has 0 atom stereocenters. The Kier molecular flexibility index (Phi) is 4.24. The van der Waals surface area contributed by atoms with Crippen molar-refractivity contribution in [2.45, 2.75) is 0 Å². The molecule has 0 radical (unpaired) electrons. The maximum absolute atomic E-state index is 11.7. The van der Waals surface area contributed by atoms with E-state index in [2.05, 4.69) is 5.32 Å². The lowest BCUT2D eigenvalue weighted by Crippen LogP contribution is -2.07. The number of amides is 1. The Bertz CT molecular complexity index is 724. The first kappa shape index (κ1) is 13.9. The Morgan fingerprint density at radius 3 is 2.90 bits per heavy atom. The van der Waals surface area contributed by atoms with Gasteiger partial charge in [-0.15, -0.1) is 11.3 Å². The minimum atomic E-state index is -0.479. The molecule has 0 aliphatic rings. The molecule has 20 heavy (non-hydrogen) atoms. The van der Waals surface area contributed by atoms with Crippen LogP contribution in [0.1, 0.15) is 10.4 Å². The van der Waals surface area contributed by atoms with E-state index in [0.29, 0.717) is 15.4 Å². The highest BCUT2D eigenvalue weighted by Crippen LogP contribution is 2.25. The van der Waals surface area contributed by atoms with E-state index in [9.17, 15) is 14.9 Å². The van der Waals surface area contributed by atoms with Crippen molar-refractivity contribution >= 4 is 44.7 Å². The monoisotopic (exact) mass is 305 g/mol. The van der Waals surface area contributed by atoms with Crippen molar-refractivity contribution in [2.24, 2.45) is 0 Å². The van der Waals surface area contributed by atoms with Gasteiger partial charge in [0.15, 0.2) is 0 Å². The first-order chi connectivity index (χ1) is 9.60. The Hall–Kier alpha value is -2.50. The quantitative estimate of drug-likeness (QED) is 0.532. The highest BCUT2D eigenvalue weighted by molar-refractivity contribution is 7.16. The summed E-state index contributed by atoms with van der Waals surface area (Å²) in [7, 11) is 0. The van der Waals surface area contributed by atoms with E-state index in [-0.39, 0.29) is 10.9 Å². The molecule has 2 rings (SSSR count). The SMILES string of the molecule is N#Cc1ccsc1NC(=O)/C=C/c1ccc([N+](=O)[O-])s1. The minimum Gasteiger partial charge on any atom is -0.313 e. The van der Waals surface area contributed by atoms with Crippen LogP contribution in [-0.2, 0) is 4.79 Å². The number of rotatable bonds is 4. The topological polar surface area (TPSA) is 96.0 Å². The van der Waals surface area contributed by atoms with E-state index in [1.54, 1.807) is 17.5 Å². The molecule has 1 amide bonds. The predicted molar refractivity (Wildman–Crippen MR) is 77.7 cm³/mol. The molecule has 2 heterocycles. The maximum atomic E-state index is 11.7. The molecule has 2 aromatic heterocycles. The van der Waals surface area contributed by atoms with Crippen LogP contribution in [0.25, 0.3) is 6.08 Å². The molecule has 0 fully saturated rings. The van der Waals surface area contributed by atoms with Crippen LogP contribution in [0, 0.1) is 21.4 Å². The van der Waals surface area contributed by atoms with Gasteiger partial charge in [0.25, 0.3) is 0 Å². The molecule has 2 aromatic rings. The second-order valence-corrected chi connectivity index (χ2v) is 5.54. The Labute approximate surface area is 121 Å². The van der Waals surface area contributed by atoms with Gasteiger partial charge in [-0.05, 0) is 23.6 Å². The molecular weight excluding hydrogens is 298 g/mol. The smallest absolute Gasteiger partial charge is 0.313 e. The molecule has 0 saturated heterocycles. The molecule has 0 aliphatic heterocycles. The third-order valence-corrected chi connectivity index (χ3v) is 4.05. The molecule has 0 unspecified atom stereocenters. The zero-order valence-corrected chi connectivity index (χ0v) is 11.5. The van der Waals surface area contributed by atoms with Crippen LogP contribution in [0.4, 0.5) is 10.0 Å². The normalized spacial score (nSPS) is 10.3. The van der Waals surface area contributed by atoms with Gasteiger partial charge in [-0.25, -0.2) is 0 Å². The van der Waals surface area contributed by atoms with Crippen LogP contribution in [0.2, 0.25) is 0 Å². The number of thiophene rings is 2. The molecule has 0 saturated carbocycles. The Morgan fingerprint density at radius 2 is 2.25 bits per heavy atom. The number of anilines is 1. The molecule has 6 nitrogen and oxygen atoms in total. The first-order valence-corrected chi connectivity index (χ1v) is 7.00. The van der Waals surface area contributed by atoms with Crippen LogP contribution >= 0.6 is 22.7 Å². The van der Waals surface area contributed by atoms with Crippen molar-refractivity contribution in [3.63, 3.8) is 0 Å². The molecule has 100 valence electrons. The second kappa shape index (κ2) is 6.10. The molecule has 0 aromatic carbocycles. The molecule has 0 bridgehead atoms. The maximum Gasteiger partial charge on any atom is 0.324 e. The van der Waals surface area contributed by atoms with Gasteiger partial charge in [0.1, 0.15) is 11.1 Å². The van der Waals surface area contributed by atoms with E-state index < -0.39 is 4.92 Å². The van der Waals surface area contributed by atoms with Crippen molar-refractivity contribution in [3.05, 3.63) is 50.2 Å². The number of nitriles is 1. The van der Waals surface area contributed by atoms with Gasteiger partial charge >= 0.3 is 5.00 Å². The summed E-state index contributed by atoms with van der Waals surface area (Å²) in [5.74, 6) is -0.389. The van der Waals surface area contributed by atoms with E-state index in [1.807, 2.05) is 6.07 Å². The van der Waals surface area contributed by atoms with Crippen molar-refractivity contribution in [2.75, 3.05) is 5.32 Å². The van der Waals surface area contributed by atoms with Crippen LogP contribution in [0.5, 0.6) is 0 Å². The highest BCUT2D eigenvalue weighted by Gasteiger charge is 2.09. The summed E-state index contributed by atoms with van der Waals surface area (Å²) < 4.78 is 0. The van der Waals surface area contributed by atoms with Gasteiger partial charge in [-0.2, -0.15) is 5.26 Å². The average molecular weight is 305 g/mol. The summed E-state index contributed by atoms with van der Waals surface area (Å²) in [5.41, 5.74) is 0.406. The number of nitro groups is 1. The Balaban J connectivity index is 2.02. The largest absolute Gasteiger partial charge is 0.324 e. The zero-order chi connectivity index (χ0) is 14.5. The number of carbonyl (C=O) groups is 1. The molecular formula is C12H7N3O3S2. The lowest BCUT2D eigenvalue weighted by atomic mass is 10.3. The van der Waals surface area contributed by atoms with E-state index in [4.69, 9.17) is 5.26 Å². The van der Waals surface area contributed by atoms with E-state index in [1.165, 1.54) is 29.6 Å². The molecule has 1 N–H and O–H groups in total. The average Bonchev–Trinajstić information content (AvgIpc) is 3.04. The van der Waals surface area contributed by atoms with Crippen molar-refractivity contribution < 1.29 is 9.72 Å².